The maximum absolute atomic E-state index is 12.4. The Morgan fingerprint density at radius 3 is 2.48 bits per heavy atom. The van der Waals surface area contributed by atoms with Crippen LogP contribution in [0.1, 0.15) is 12.5 Å². The van der Waals surface area contributed by atoms with Crippen LogP contribution in [0.3, 0.4) is 0 Å². The minimum atomic E-state index is -0.384. The van der Waals surface area contributed by atoms with Crippen LogP contribution < -0.4 is 24.8 Å². The summed E-state index contributed by atoms with van der Waals surface area (Å²) in [6, 6.07) is 22.4. The summed E-state index contributed by atoms with van der Waals surface area (Å²) in [5.74, 6) is 2.87. The Hall–Kier alpha value is -3.67. The van der Waals surface area contributed by atoms with Crippen LogP contribution in [0.25, 0.3) is 0 Å². The molecule has 0 aromatic heterocycles. The van der Waals surface area contributed by atoms with Crippen molar-refractivity contribution in [2.75, 3.05) is 12.1 Å². The van der Waals surface area contributed by atoms with Gasteiger partial charge in [-0.2, -0.15) is 0 Å². The zero-order chi connectivity index (χ0) is 20.1. The molecule has 0 saturated heterocycles. The highest BCUT2D eigenvalue weighted by molar-refractivity contribution is 5.84. The third-order valence-electron chi connectivity index (χ3n) is 4.51. The van der Waals surface area contributed by atoms with Crippen LogP contribution in [0, 0.1) is 0 Å². The maximum atomic E-state index is 12.4. The van der Waals surface area contributed by atoms with Gasteiger partial charge in [0.25, 0.3) is 0 Å². The van der Waals surface area contributed by atoms with E-state index in [1.54, 1.807) is 0 Å². The summed E-state index contributed by atoms with van der Waals surface area (Å²) in [6.07, 6.45) is 0. The van der Waals surface area contributed by atoms with Crippen molar-refractivity contribution in [2.45, 2.75) is 19.5 Å². The number of ether oxygens (including phenoxy) is 3. The van der Waals surface area contributed by atoms with Gasteiger partial charge < -0.3 is 24.8 Å². The van der Waals surface area contributed by atoms with Crippen molar-refractivity contribution in [1.29, 1.82) is 0 Å². The average Bonchev–Trinajstić information content (AvgIpc) is 3.22. The fourth-order valence-corrected chi connectivity index (χ4v) is 2.95. The number of anilines is 1. The molecule has 0 bridgehead atoms. The lowest BCUT2D eigenvalue weighted by Gasteiger charge is -2.16. The summed E-state index contributed by atoms with van der Waals surface area (Å²) in [5.41, 5.74) is 1.80. The van der Waals surface area contributed by atoms with Crippen LogP contribution in [-0.2, 0) is 11.3 Å². The molecule has 6 heteroatoms. The summed E-state index contributed by atoms with van der Waals surface area (Å²) in [6.45, 7) is 2.48. The van der Waals surface area contributed by atoms with Crippen molar-refractivity contribution in [1.82, 2.24) is 5.32 Å². The van der Waals surface area contributed by atoms with Crippen molar-refractivity contribution in [3.63, 3.8) is 0 Å². The molecule has 1 aliphatic rings. The quantitative estimate of drug-likeness (QED) is 0.629. The number of benzene rings is 3. The first kappa shape index (κ1) is 18.7. The van der Waals surface area contributed by atoms with Gasteiger partial charge in [-0.05, 0) is 61.0 Å². The lowest BCUT2D eigenvalue weighted by Crippen LogP contribution is -2.37. The van der Waals surface area contributed by atoms with Gasteiger partial charge in [-0.3, -0.25) is 4.79 Å². The highest BCUT2D eigenvalue weighted by atomic mass is 16.7. The van der Waals surface area contributed by atoms with E-state index < -0.39 is 0 Å². The topological polar surface area (TPSA) is 68.8 Å². The fourth-order valence-electron chi connectivity index (χ4n) is 2.95. The van der Waals surface area contributed by atoms with E-state index in [0.717, 1.165) is 28.5 Å². The Kier molecular flexibility index (Phi) is 5.52. The number of hydrogen-bond acceptors (Lipinski definition) is 5. The second kappa shape index (κ2) is 8.56. The van der Waals surface area contributed by atoms with Crippen molar-refractivity contribution in [3.8, 4) is 23.0 Å². The zero-order valence-corrected chi connectivity index (χ0v) is 16.1. The standard InChI is InChI=1S/C23H22N2O4/c1-16(23(26)24-14-17-7-12-21-22(13-17)28-15-27-21)25-18-8-10-20(11-9-18)29-19-5-3-2-4-6-19/h2-13,16,25H,14-15H2,1H3,(H,24,26)/t16-/m0/s1. The van der Waals surface area contributed by atoms with Gasteiger partial charge in [-0.1, -0.05) is 24.3 Å². The molecule has 0 saturated carbocycles. The number of carbonyl (C=O) groups excluding carboxylic acids is 1. The smallest absolute Gasteiger partial charge is 0.242 e. The van der Waals surface area contributed by atoms with Crippen LogP contribution >= 0.6 is 0 Å². The molecule has 2 N–H and O–H groups in total. The highest BCUT2D eigenvalue weighted by Crippen LogP contribution is 2.32. The van der Waals surface area contributed by atoms with Gasteiger partial charge in [-0.15, -0.1) is 0 Å². The number of carbonyl (C=O) groups is 1. The Balaban J connectivity index is 1.28. The monoisotopic (exact) mass is 390 g/mol. The number of rotatable bonds is 7. The molecule has 4 rings (SSSR count). The van der Waals surface area contributed by atoms with Crippen LogP contribution in [0.4, 0.5) is 5.69 Å². The highest BCUT2D eigenvalue weighted by Gasteiger charge is 2.15. The Morgan fingerprint density at radius 1 is 0.966 bits per heavy atom. The number of para-hydroxylation sites is 1. The minimum absolute atomic E-state index is 0.0905. The number of hydrogen-bond donors (Lipinski definition) is 2. The molecular formula is C23H22N2O4. The molecule has 0 fully saturated rings. The average molecular weight is 390 g/mol. The molecule has 0 unspecified atom stereocenters. The minimum Gasteiger partial charge on any atom is -0.457 e. The molecule has 0 radical (unpaired) electrons. The molecule has 148 valence electrons. The molecular weight excluding hydrogens is 368 g/mol. The lowest BCUT2D eigenvalue weighted by molar-refractivity contribution is -0.121. The first-order valence-electron chi connectivity index (χ1n) is 9.43. The Bertz CT molecular complexity index is 974. The van der Waals surface area contributed by atoms with Gasteiger partial charge in [0, 0.05) is 12.2 Å². The summed E-state index contributed by atoms with van der Waals surface area (Å²) < 4.78 is 16.4. The molecule has 3 aromatic carbocycles. The second-order valence-corrected chi connectivity index (χ2v) is 6.71. The van der Waals surface area contributed by atoms with E-state index in [4.69, 9.17) is 14.2 Å². The largest absolute Gasteiger partial charge is 0.457 e. The molecule has 1 atom stereocenters. The summed E-state index contributed by atoms with van der Waals surface area (Å²) in [7, 11) is 0. The van der Waals surface area contributed by atoms with Crippen LogP contribution in [0.15, 0.2) is 72.8 Å². The summed E-state index contributed by atoms with van der Waals surface area (Å²) in [5, 5.41) is 6.13. The number of fused-ring (bicyclic) bond motifs is 1. The first-order valence-corrected chi connectivity index (χ1v) is 9.43. The molecule has 1 amide bonds. The fraction of sp³-hybridized carbons (Fsp3) is 0.174. The predicted octanol–water partition coefficient (Wildman–Crippen LogP) is 4.32. The van der Waals surface area contributed by atoms with Gasteiger partial charge in [0.05, 0.1) is 0 Å². The SMILES string of the molecule is C[C@H](Nc1ccc(Oc2ccccc2)cc1)C(=O)NCc1ccc2c(c1)OCO2. The van der Waals surface area contributed by atoms with Crippen molar-refractivity contribution in [2.24, 2.45) is 0 Å². The van der Waals surface area contributed by atoms with E-state index in [2.05, 4.69) is 10.6 Å². The summed E-state index contributed by atoms with van der Waals surface area (Å²) in [4.78, 5) is 12.4. The lowest BCUT2D eigenvalue weighted by atomic mass is 10.2. The van der Waals surface area contributed by atoms with E-state index in [-0.39, 0.29) is 18.7 Å². The Labute approximate surface area is 169 Å². The summed E-state index contributed by atoms with van der Waals surface area (Å²) >= 11 is 0. The van der Waals surface area contributed by atoms with Gasteiger partial charge in [0.1, 0.15) is 17.5 Å². The van der Waals surface area contributed by atoms with E-state index in [0.29, 0.717) is 12.3 Å². The van der Waals surface area contributed by atoms with Crippen molar-refractivity contribution in [3.05, 3.63) is 78.4 Å². The Morgan fingerprint density at radius 2 is 1.69 bits per heavy atom. The molecule has 0 spiro atoms. The third-order valence-corrected chi connectivity index (χ3v) is 4.51. The molecule has 1 heterocycles. The van der Waals surface area contributed by atoms with Crippen LogP contribution in [0.5, 0.6) is 23.0 Å². The second-order valence-electron chi connectivity index (χ2n) is 6.71. The van der Waals surface area contributed by atoms with E-state index >= 15 is 0 Å². The van der Waals surface area contributed by atoms with E-state index in [9.17, 15) is 4.79 Å². The van der Waals surface area contributed by atoms with Crippen LogP contribution in [-0.4, -0.2) is 18.7 Å². The van der Waals surface area contributed by atoms with Crippen LogP contribution in [0.2, 0.25) is 0 Å². The molecule has 1 aliphatic heterocycles. The number of nitrogens with one attached hydrogen (secondary N) is 2. The van der Waals surface area contributed by atoms with Gasteiger partial charge in [-0.25, -0.2) is 0 Å². The third kappa shape index (κ3) is 4.79. The van der Waals surface area contributed by atoms with Gasteiger partial charge in [0.15, 0.2) is 11.5 Å². The van der Waals surface area contributed by atoms with Crippen molar-refractivity contribution < 1.29 is 19.0 Å². The van der Waals surface area contributed by atoms with E-state index in [1.165, 1.54) is 0 Å². The molecule has 6 nitrogen and oxygen atoms in total. The molecule has 0 aliphatic carbocycles. The molecule has 3 aromatic rings. The van der Waals surface area contributed by atoms with Crippen molar-refractivity contribution >= 4 is 11.6 Å². The normalized spacial score (nSPS) is 12.9. The number of amides is 1. The van der Waals surface area contributed by atoms with Gasteiger partial charge in [0.2, 0.25) is 12.7 Å². The predicted molar refractivity (Wildman–Crippen MR) is 110 cm³/mol. The first-order chi connectivity index (χ1) is 14.2. The molecule has 29 heavy (non-hydrogen) atoms. The maximum Gasteiger partial charge on any atom is 0.242 e. The van der Waals surface area contributed by atoms with Gasteiger partial charge >= 0.3 is 0 Å². The van der Waals surface area contributed by atoms with E-state index in [1.807, 2.05) is 79.7 Å². The zero-order valence-electron chi connectivity index (χ0n) is 16.1.